The first-order valence-electron chi connectivity index (χ1n) is 13.9. The summed E-state index contributed by atoms with van der Waals surface area (Å²) in [5.74, 6) is 2.13. The van der Waals surface area contributed by atoms with Crippen molar-refractivity contribution in [2.75, 3.05) is 0 Å². The molecule has 0 radical (unpaired) electrons. The van der Waals surface area contributed by atoms with E-state index in [4.69, 9.17) is 0 Å². The van der Waals surface area contributed by atoms with Crippen LogP contribution in [0.1, 0.15) is 85.0 Å². The Balaban J connectivity index is 1.27. The maximum atomic E-state index is 13.6. The lowest BCUT2D eigenvalue weighted by Gasteiger charge is -2.54. The second-order valence-electron chi connectivity index (χ2n) is 12.5. The van der Waals surface area contributed by atoms with Gasteiger partial charge in [0.15, 0.2) is 5.78 Å². The molecule has 0 amide bonds. The minimum absolute atomic E-state index is 0.119. The summed E-state index contributed by atoms with van der Waals surface area (Å²) in [7, 11) is 0. The first kappa shape index (κ1) is 24.9. The average molecular weight is 482 g/mol. The zero-order chi connectivity index (χ0) is 24.8. The van der Waals surface area contributed by atoms with Crippen molar-refractivity contribution < 1.29 is 15.0 Å². The molecule has 0 spiro atoms. The molecular weight excluding hydrogens is 438 g/mol. The summed E-state index contributed by atoms with van der Waals surface area (Å²) in [6, 6.07) is 1.92. The number of unbranched alkanes of at least 4 members (excludes halogenated alkanes) is 1. The Morgan fingerprint density at radius 3 is 2.86 bits per heavy atom. The molecule has 2 N–H and O–H groups in total. The summed E-state index contributed by atoms with van der Waals surface area (Å²) in [5.41, 5.74) is -0.0383. The molecule has 3 fully saturated rings. The number of nitrogens with zero attached hydrogens (tertiary/aromatic N) is 3. The molecule has 3 saturated carbocycles. The van der Waals surface area contributed by atoms with Crippen LogP contribution in [0.25, 0.3) is 10.9 Å². The van der Waals surface area contributed by atoms with E-state index in [0.717, 1.165) is 68.7 Å². The summed E-state index contributed by atoms with van der Waals surface area (Å²) in [4.78, 5) is 17.8. The molecule has 3 aliphatic rings. The molecule has 0 bridgehead atoms. The molecule has 192 valence electrons. The van der Waals surface area contributed by atoms with Crippen LogP contribution in [0.2, 0.25) is 0 Å². The number of aliphatic hydroxyl groups is 2. The van der Waals surface area contributed by atoms with E-state index in [2.05, 4.69) is 23.9 Å². The quantitative estimate of drug-likeness (QED) is 0.544. The van der Waals surface area contributed by atoms with Gasteiger partial charge in [0.05, 0.1) is 29.6 Å². The number of hydrogen-bond donors (Lipinski definition) is 2. The summed E-state index contributed by atoms with van der Waals surface area (Å²) in [6.45, 7) is 6.62. The fourth-order valence-electron chi connectivity index (χ4n) is 8.38. The number of rotatable bonds is 8. The lowest BCUT2D eigenvalue weighted by atomic mass is 9.52. The Hall–Kier alpha value is -1.79. The van der Waals surface area contributed by atoms with Crippen molar-refractivity contribution in [3.63, 3.8) is 0 Å². The van der Waals surface area contributed by atoms with Crippen LogP contribution >= 0.6 is 0 Å². The van der Waals surface area contributed by atoms with E-state index in [1.54, 1.807) is 23.3 Å². The normalized spacial score (nSPS) is 36.5. The lowest BCUT2D eigenvalue weighted by molar-refractivity contribution is -0.144. The highest BCUT2D eigenvalue weighted by molar-refractivity contribution is 5.85. The van der Waals surface area contributed by atoms with E-state index >= 15 is 0 Å². The largest absolute Gasteiger partial charge is 0.393 e. The average Bonchev–Trinajstić information content (AvgIpc) is 3.39. The number of ketones is 1. The SMILES string of the molecule is CCCCC(C)(O)C[C@@H]1CC[C@@H]2[C@@H](C1)C[C@@H](O)[C@]1(C)[C@@H](C(=O)Cn3ncc4ccncc43)CC[C@@H]21. The van der Waals surface area contributed by atoms with E-state index in [1.807, 2.05) is 13.0 Å². The topological polar surface area (TPSA) is 88.2 Å². The fourth-order valence-corrected chi connectivity index (χ4v) is 8.38. The van der Waals surface area contributed by atoms with Crippen LogP contribution in [0.3, 0.4) is 0 Å². The maximum absolute atomic E-state index is 13.6. The Morgan fingerprint density at radius 1 is 1.23 bits per heavy atom. The molecule has 2 aromatic heterocycles. The van der Waals surface area contributed by atoms with Crippen molar-refractivity contribution in [3.8, 4) is 0 Å². The number of carbonyl (C=O) groups excluding carboxylic acids is 1. The van der Waals surface area contributed by atoms with Crippen molar-refractivity contribution in [1.29, 1.82) is 0 Å². The number of hydrogen-bond acceptors (Lipinski definition) is 5. The van der Waals surface area contributed by atoms with Gasteiger partial charge in [-0.25, -0.2) is 0 Å². The van der Waals surface area contributed by atoms with Crippen LogP contribution in [0, 0.1) is 35.0 Å². The maximum Gasteiger partial charge on any atom is 0.158 e. The van der Waals surface area contributed by atoms with Gasteiger partial charge in [0.2, 0.25) is 0 Å². The molecule has 2 aromatic rings. The summed E-state index contributed by atoms with van der Waals surface area (Å²) in [6.07, 6.45) is 15.0. The Labute approximate surface area is 209 Å². The van der Waals surface area contributed by atoms with E-state index in [9.17, 15) is 15.0 Å². The molecule has 1 unspecified atom stereocenters. The molecule has 35 heavy (non-hydrogen) atoms. The van der Waals surface area contributed by atoms with Gasteiger partial charge in [-0.2, -0.15) is 5.10 Å². The summed E-state index contributed by atoms with van der Waals surface area (Å²) >= 11 is 0. The predicted octanol–water partition coefficient (Wildman–Crippen LogP) is 5.16. The predicted molar refractivity (Wildman–Crippen MR) is 137 cm³/mol. The first-order chi connectivity index (χ1) is 16.7. The van der Waals surface area contributed by atoms with Gasteiger partial charge in [0.25, 0.3) is 0 Å². The van der Waals surface area contributed by atoms with Crippen LogP contribution in [-0.2, 0) is 11.3 Å². The van der Waals surface area contributed by atoms with E-state index < -0.39 is 11.7 Å². The molecule has 5 rings (SSSR count). The van der Waals surface area contributed by atoms with E-state index in [1.165, 1.54) is 6.42 Å². The molecule has 8 atom stereocenters. The van der Waals surface area contributed by atoms with E-state index in [0.29, 0.717) is 23.7 Å². The zero-order valence-electron chi connectivity index (χ0n) is 21.7. The molecular formula is C29H43N3O3. The second kappa shape index (κ2) is 9.59. The van der Waals surface area contributed by atoms with Gasteiger partial charge in [0.1, 0.15) is 6.54 Å². The highest BCUT2D eigenvalue weighted by Crippen LogP contribution is 2.62. The summed E-state index contributed by atoms with van der Waals surface area (Å²) < 4.78 is 1.77. The van der Waals surface area contributed by atoms with Crippen LogP contribution in [-0.4, -0.2) is 42.5 Å². The van der Waals surface area contributed by atoms with Crippen LogP contribution in [0.15, 0.2) is 24.7 Å². The van der Waals surface area contributed by atoms with Gasteiger partial charge in [-0.15, -0.1) is 0 Å². The van der Waals surface area contributed by atoms with E-state index in [-0.39, 0.29) is 23.7 Å². The molecule has 3 aliphatic carbocycles. The Bertz CT molecular complexity index is 1050. The van der Waals surface area contributed by atoms with Crippen LogP contribution < -0.4 is 0 Å². The molecule has 0 aromatic carbocycles. The van der Waals surface area contributed by atoms with Gasteiger partial charge < -0.3 is 10.2 Å². The molecule has 6 nitrogen and oxygen atoms in total. The Morgan fingerprint density at radius 2 is 2.06 bits per heavy atom. The van der Waals surface area contributed by atoms with Gasteiger partial charge in [-0.1, -0.05) is 33.1 Å². The number of pyridine rings is 1. The van der Waals surface area contributed by atoms with Crippen LogP contribution in [0.5, 0.6) is 0 Å². The number of carbonyl (C=O) groups is 1. The number of Topliss-reactive ketones (excluding diaryl/α,β-unsaturated/α-hetero) is 1. The number of aliphatic hydroxyl groups excluding tert-OH is 1. The molecule has 0 aliphatic heterocycles. The molecule has 6 heteroatoms. The van der Waals surface area contributed by atoms with Crippen molar-refractivity contribution in [3.05, 3.63) is 24.7 Å². The van der Waals surface area contributed by atoms with Crippen molar-refractivity contribution >= 4 is 16.7 Å². The number of aromatic nitrogens is 3. The standard InChI is InChI=1S/C29H43N3O3/c1-4-5-11-28(2,35)15-19-6-7-22-21(13-19)14-27(34)29(3)23(22)8-9-24(29)26(33)18-32-25-17-30-12-10-20(25)16-31-32/h10,12,16-17,19,21-24,27,34-35H,4-9,11,13-15,18H2,1-3H3/t19-,21+,22-,23+,24-,27-,28?,29+/m1/s1. The third kappa shape index (κ3) is 4.57. The zero-order valence-corrected chi connectivity index (χ0v) is 21.7. The number of fused-ring (bicyclic) bond motifs is 4. The molecule has 2 heterocycles. The first-order valence-corrected chi connectivity index (χ1v) is 13.9. The highest BCUT2D eigenvalue weighted by Gasteiger charge is 2.60. The van der Waals surface area contributed by atoms with Gasteiger partial charge in [-0.3, -0.25) is 14.5 Å². The Kier molecular flexibility index (Phi) is 6.82. The minimum Gasteiger partial charge on any atom is -0.393 e. The van der Waals surface area contributed by atoms with Crippen molar-refractivity contribution in [1.82, 2.24) is 14.8 Å². The van der Waals surface area contributed by atoms with Crippen LogP contribution in [0.4, 0.5) is 0 Å². The van der Waals surface area contributed by atoms with Gasteiger partial charge >= 0.3 is 0 Å². The molecule has 0 saturated heterocycles. The third-order valence-corrected chi connectivity index (χ3v) is 10.2. The highest BCUT2D eigenvalue weighted by atomic mass is 16.3. The summed E-state index contributed by atoms with van der Waals surface area (Å²) in [5, 5.41) is 27.8. The van der Waals surface area contributed by atoms with Crippen molar-refractivity contribution in [2.24, 2.45) is 35.0 Å². The third-order valence-electron chi connectivity index (χ3n) is 10.2. The second-order valence-corrected chi connectivity index (χ2v) is 12.5. The van der Waals surface area contributed by atoms with Crippen molar-refractivity contribution in [2.45, 2.75) is 103 Å². The minimum atomic E-state index is -0.577. The van der Waals surface area contributed by atoms with Gasteiger partial charge in [-0.05, 0) is 81.6 Å². The lowest BCUT2D eigenvalue weighted by Crippen LogP contribution is -2.53. The van der Waals surface area contributed by atoms with Gasteiger partial charge in [0, 0.05) is 22.9 Å². The fraction of sp³-hybridized carbons (Fsp3) is 0.759. The monoisotopic (exact) mass is 481 g/mol. The smallest absolute Gasteiger partial charge is 0.158 e.